The van der Waals surface area contributed by atoms with E-state index in [0.29, 0.717) is 0 Å². The molecule has 0 aliphatic rings. The molecule has 0 amide bonds. The topological polar surface area (TPSA) is 26.3 Å². The standard InChI is InChI=1S/C10H18O2.CH4/c1-6-7-9(11)12-8(2)10(3,4)5;/h6-8H,1-5H3;1H4/b7-6+;. The number of carbonyl (C=O) groups is 1. The van der Waals surface area contributed by atoms with Crippen molar-refractivity contribution in [3.05, 3.63) is 12.2 Å². The number of ether oxygens (including phenoxy) is 1. The van der Waals surface area contributed by atoms with Gasteiger partial charge in [0.2, 0.25) is 0 Å². The highest BCUT2D eigenvalue weighted by atomic mass is 16.5. The van der Waals surface area contributed by atoms with E-state index in [1.165, 1.54) is 6.08 Å². The molecule has 0 aliphatic carbocycles. The van der Waals surface area contributed by atoms with Gasteiger partial charge in [0.15, 0.2) is 0 Å². The Morgan fingerprint density at radius 3 is 2.15 bits per heavy atom. The van der Waals surface area contributed by atoms with Crippen LogP contribution >= 0.6 is 0 Å². The fraction of sp³-hybridized carbons (Fsp3) is 0.727. The van der Waals surface area contributed by atoms with E-state index in [9.17, 15) is 4.79 Å². The van der Waals surface area contributed by atoms with Crippen molar-refractivity contribution in [2.45, 2.75) is 48.1 Å². The number of hydrogen-bond donors (Lipinski definition) is 0. The van der Waals surface area contributed by atoms with Crippen LogP contribution in [-0.2, 0) is 9.53 Å². The van der Waals surface area contributed by atoms with Crippen molar-refractivity contribution in [2.75, 3.05) is 0 Å². The zero-order valence-electron chi connectivity index (χ0n) is 8.55. The van der Waals surface area contributed by atoms with Crippen LogP contribution in [0.5, 0.6) is 0 Å². The molecule has 0 fully saturated rings. The van der Waals surface area contributed by atoms with Gasteiger partial charge in [-0.3, -0.25) is 0 Å². The lowest BCUT2D eigenvalue weighted by Gasteiger charge is -2.26. The second kappa shape index (κ2) is 5.79. The molecule has 0 radical (unpaired) electrons. The van der Waals surface area contributed by atoms with Crippen LogP contribution in [0.25, 0.3) is 0 Å². The molecular formula is C11H22O2. The maximum absolute atomic E-state index is 11.0. The van der Waals surface area contributed by atoms with Crippen molar-refractivity contribution in [1.29, 1.82) is 0 Å². The van der Waals surface area contributed by atoms with Crippen molar-refractivity contribution in [1.82, 2.24) is 0 Å². The van der Waals surface area contributed by atoms with Crippen LogP contribution < -0.4 is 0 Å². The molecule has 2 heteroatoms. The molecule has 0 aromatic rings. The summed E-state index contributed by atoms with van der Waals surface area (Å²) in [5.74, 6) is -0.264. The Kier molecular flexibility index (Phi) is 6.55. The SMILES string of the molecule is C.C/C=C/C(=O)OC(C)C(C)(C)C. The van der Waals surface area contributed by atoms with Gasteiger partial charge in [-0.25, -0.2) is 4.79 Å². The number of esters is 1. The number of hydrogen-bond acceptors (Lipinski definition) is 2. The summed E-state index contributed by atoms with van der Waals surface area (Å²) in [4.78, 5) is 11.0. The van der Waals surface area contributed by atoms with Crippen LogP contribution in [0.1, 0.15) is 42.0 Å². The van der Waals surface area contributed by atoms with Crippen LogP contribution in [0.4, 0.5) is 0 Å². The minimum Gasteiger partial charge on any atom is -0.459 e. The van der Waals surface area contributed by atoms with Crippen LogP contribution in [-0.4, -0.2) is 12.1 Å². The van der Waals surface area contributed by atoms with E-state index in [0.717, 1.165) is 0 Å². The van der Waals surface area contributed by atoms with Crippen molar-refractivity contribution < 1.29 is 9.53 Å². The lowest BCUT2D eigenvalue weighted by molar-refractivity contribution is -0.147. The van der Waals surface area contributed by atoms with Gasteiger partial charge in [0, 0.05) is 6.08 Å². The Balaban J connectivity index is 0. The quantitative estimate of drug-likeness (QED) is 0.489. The largest absolute Gasteiger partial charge is 0.459 e. The molecule has 0 heterocycles. The molecule has 0 aromatic carbocycles. The average molecular weight is 186 g/mol. The lowest BCUT2D eigenvalue weighted by Crippen LogP contribution is -2.28. The lowest BCUT2D eigenvalue weighted by atomic mass is 9.90. The van der Waals surface area contributed by atoms with Gasteiger partial charge in [-0.15, -0.1) is 0 Å². The zero-order valence-corrected chi connectivity index (χ0v) is 8.55. The molecule has 0 saturated carbocycles. The van der Waals surface area contributed by atoms with Gasteiger partial charge in [-0.05, 0) is 19.3 Å². The zero-order chi connectivity index (χ0) is 9.78. The van der Waals surface area contributed by atoms with E-state index in [1.54, 1.807) is 13.0 Å². The Morgan fingerprint density at radius 2 is 1.85 bits per heavy atom. The van der Waals surface area contributed by atoms with Gasteiger partial charge in [-0.2, -0.15) is 0 Å². The molecule has 0 N–H and O–H groups in total. The van der Waals surface area contributed by atoms with E-state index >= 15 is 0 Å². The second-order valence-corrected chi connectivity index (χ2v) is 3.95. The average Bonchev–Trinajstić information content (AvgIpc) is 1.85. The van der Waals surface area contributed by atoms with E-state index < -0.39 is 0 Å². The molecule has 0 aliphatic heterocycles. The fourth-order valence-electron chi connectivity index (χ4n) is 0.526. The first-order valence-electron chi connectivity index (χ1n) is 4.21. The Labute approximate surface area is 82.0 Å². The molecule has 2 nitrogen and oxygen atoms in total. The van der Waals surface area contributed by atoms with Gasteiger partial charge in [-0.1, -0.05) is 34.3 Å². The predicted octanol–water partition coefficient (Wildman–Crippen LogP) is 3.18. The highest BCUT2D eigenvalue weighted by Gasteiger charge is 2.22. The fourth-order valence-corrected chi connectivity index (χ4v) is 0.526. The third-order valence-corrected chi connectivity index (χ3v) is 1.82. The summed E-state index contributed by atoms with van der Waals surface area (Å²) in [5.41, 5.74) is 0.0112. The highest BCUT2D eigenvalue weighted by Crippen LogP contribution is 2.21. The summed E-state index contributed by atoms with van der Waals surface area (Å²) >= 11 is 0. The summed E-state index contributed by atoms with van der Waals surface area (Å²) in [6.07, 6.45) is 3.06. The van der Waals surface area contributed by atoms with Crippen LogP contribution in [0, 0.1) is 5.41 Å². The minimum atomic E-state index is -0.264. The van der Waals surface area contributed by atoms with Crippen LogP contribution in [0.2, 0.25) is 0 Å². The van der Waals surface area contributed by atoms with Crippen LogP contribution in [0.3, 0.4) is 0 Å². The molecule has 0 aromatic heterocycles. The molecule has 78 valence electrons. The molecule has 0 bridgehead atoms. The molecule has 0 saturated heterocycles. The van der Waals surface area contributed by atoms with Crippen molar-refractivity contribution in [3.8, 4) is 0 Å². The van der Waals surface area contributed by atoms with E-state index in [1.807, 2.05) is 27.7 Å². The monoisotopic (exact) mass is 186 g/mol. The van der Waals surface area contributed by atoms with Crippen LogP contribution in [0.15, 0.2) is 12.2 Å². The summed E-state index contributed by atoms with van der Waals surface area (Å²) < 4.78 is 5.13. The maximum Gasteiger partial charge on any atom is 0.330 e. The third-order valence-electron chi connectivity index (χ3n) is 1.82. The Hall–Kier alpha value is -0.790. The van der Waals surface area contributed by atoms with Crippen molar-refractivity contribution in [3.63, 3.8) is 0 Å². The summed E-state index contributed by atoms with van der Waals surface area (Å²) in [6.45, 7) is 9.83. The first-order chi connectivity index (χ1) is 5.38. The van der Waals surface area contributed by atoms with E-state index in [4.69, 9.17) is 4.74 Å². The molecular weight excluding hydrogens is 164 g/mol. The van der Waals surface area contributed by atoms with Crippen molar-refractivity contribution in [2.24, 2.45) is 5.41 Å². The number of rotatable bonds is 2. The molecule has 13 heavy (non-hydrogen) atoms. The molecule has 1 atom stereocenters. The van der Waals surface area contributed by atoms with E-state index in [2.05, 4.69) is 0 Å². The van der Waals surface area contributed by atoms with Gasteiger partial charge in [0.25, 0.3) is 0 Å². The van der Waals surface area contributed by atoms with Gasteiger partial charge >= 0.3 is 5.97 Å². The molecule has 0 spiro atoms. The normalized spacial score (nSPS) is 13.6. The smallest absolute Gasteiger partial charge is 0.330 e. The Bertz CT molecular complexity index is 175. The van der Waals surface area contributed by atoms with Gasteiger partial charge in [0.05, 0.1) is 0 Å². The highest BCUT2D eigenvalue weighted by molar-refractivity contribution is 5.81. The van der Waals surface area contributed by atoms with E-state index in [-0.39, 0.29) is 24.9 Å². The first-order valence-corrected chi connectivity index (χ1v) is 4.21. The predicted molar refractivity (Wildman–Crippen MR) is 56.6 cm³/mol. The summed E-state index contributed by atoms with van der Waals surface area (Å²) in [5, 5.41) is 0. The van der Waals surface area contributed by atoms with Gasteiger partial charge in [0.1, 0.15) is 6.10 Å². The molecule has 1 unspecified atom stereocenters. The number of carbonyl (C=O) groups excluding carboxylic acids is 1. The number of allylic oxidation sites excluding steroid dienone is 1. The van der Waals surface area contributed by atoms with Gasteiger partial charge < -0.3 is 4.74 Å². The maximum atomic E-state index is 11.0. The minimum absolute atomic E-state index is 0. The second-order valence-electron chi connectivity index (χ2n) is 3.95. The van der Waals surface area contributed by atoms with Crippen molar-refractivity contribution >= 4 is 5.97 Å². The molecule has 0 rings (SSSR count). The first kappa shape index (κ1) is 14.7. The summed E-state index contributed by atoms with van der Waals surface area (Å²) in [7, 11) is 0. The Morgan fingerprint density at radius 1 is 1.38 bits per heavy atom. The summed E-state index contributed by atoms with van der Waals surface area (Å²) in [6, 6.07) is 0. The third kappa shape index (κ3) is 6.38.